The molecule has 4 heterocycles. The molecule has 5 aliphatic rings. The van der Waals surface area contributed by atoms with E-state index in [1.165, 1.54) is 57.9 Å². The largest absolute Gasteiger partial charge is 0.507 e. The SMILES string of the molecule is CO[C@H]1C=CO[C@@]2(C)Oc3c(C)c(O)c4c(c3C2=O)C(=O)C(N2CCC[C@@H](C(N)=O)C2)=C(NC(=O)C(C)=CC=C[C@H](C)[C@H](O)[C@@H](C)[C@H](O)[C@H](C)[C@H](OC(C)=O)[C@@H]1C)C4=O. The Bertz CT molecular complexity index is 2050. The number of aromatic hydroxyl groups is 1. The zero-order valence-electron chi connectivity index (χ0n) is 34.9. The van der Waals surface area contributed by atoms with Crippen LogP contribution in [0.3, 0.4) is 0 Å². The lowest BCUT2D eigenvalue weighted by Crippen LogP contribution is -2.46. The summed E-state index contributed by atoms with van der Waals surface area (Å²) >= 11 is 0. The molecule has 320 valence electrons. The summed E-state index contributed by atoms with van der Waals surface area (Å²) in [6.07, 6.45) is 4.05. The number of nitrogens with two attached hydrogens (primary N) is 1. The van der Waals surface area contributed by atoms with E-state index in [0.717, 1.165) is 6.26 Å². The number of likely N-dealkylation sites (tertiary alicyclic amines) is 1. The molecule has 0 spiro atoms. The van der Waals surface area contributed by atoms with Crippen molar-refractivity contribution >= 4 is 35.1 Å². The number of carbonyl (C=O) groups is 6. The summed E-state index contributed by atoms with van der Waals surface area (Å²) in [5.41, 5.74) is 3.69. The number of benzene rings is 1. The van der Waals surface area contributed by atoms with Gasteiger partial charge in [0.25, 0.3) is 11.7 Å². The molecule has 0 aromatic heterocycles. The Morgan fingerprint density at radius 2 is 1.64 bits per heavy atom. The monoisotopic (exact) mass is 821 g/mol. The fraction of sp³-hybridized carbons (Fsp3) is 0.535. The number of nitrogens with zero attached hydrogens (tertiary/aromatic N) is 1. The number of allylic oxidation sites excluding steroid dienone is 4. The third-order valence-electron chi connectivity index (χ3n) is 12.1. The standard InChI is InChI=1S/C43H55N3O13/c1-19-12-10-13-20(2)42(55)45-31-32(46-16-11-14-26(18-46)41(44)54)37(52)28-29(36(31)51)35(50)24(6)39-30(28)40(53)43(8,59-39)57-17-15-27(56-9)21(3)38(58-25(7)47)23(5)34(49)22(4)33(19)48/h10,12-13,15,17,19,21-23,26-27,33-34,38,48-50H,11,14,16,18H2,1-9H3,(H2,44,54)(H,45,55)/t19-,21+,22+,23-,26+,27-,33-,34-,38+,43-/m0/s1. The highest BCUT2D eigenvalue weighted by Gasteiger charge is 2.53. The second-order valence-electron chi connectivity index (χ2n) is 16.2. The van der Waals surface area contributed by atoms with Crippen LogP contribution >= 0.6 is 0 Å². The van der Waals surface area contributed by atoms with Crippen LogP contribution in [0, 0.1) is 36.5 Å². The number of aliphatic hydroxyl groups is 2. The summed E-state index contributed by atoms with van der Waals surface area (Å²) in [5, 5.41) is 37.0. The molecular formula is C43H55N3O13. The summed E-state index contributed by atoms with van der Waals surface area (Å²) in [4.78, 5) is 83.7. The van der Waals surface area contributed by atoms with E-state index in [-0.39, 0.29) is 41.2 Å². The van der Waals surface area contributed by atoms with Gasteiger partial charge in [-0.25, -0.2) is 0 Å². The first-order valence-corrected chi connectivity index (χ1v) is 19.7. The van der Waals surface area contributed by atoms with Gasteiger partial charge in [0.2, 0.25) is 17.5 Å². The number of hydrogen-bond donors (Lipinski definition) is 5. The Hall–Kier alpha value is -5.32. The number of fused-ring (bicyclic) bond motifs is 14. The van der Waals surface area contributed by atoms with Crippen LogP contribution in [0.25, 0.3) is 0 Å². The second kappa shape index (κ2) is 17.5. The number of rotatable bonds is 4. The summed E-state index contributed by atoms with van der Waals surface area (Å²) in [5.74, 6) is -10.9. The average molecular weight is 822 g/mol. The normalized spacial score (nSPS) is 32.0. The van der Waals surface area contributed by atoms with Crippen molar-refractivity contribution in [3.8, 4) is 11.5 Å². The maximum atomic E-state index is 14.8. The molecule has 4 aliphatic heterocycles. The van der Waals surface area contributed by atoms with Crippen molar-refractivity contribution in [2.75, 3.05) is 20.2 Å². The summed E-state index contributed by atoms with van der Waals surface area (Å²) in [6, 6.07) is 0. The van der Waals surface area contributed by atoms with Gasteiger partial charge in [-0.1, -0.05) is 45.9 Å². The molecule has 16 nitrogen and oxygen atoms in total. The topological polar surface area (TPSA) is 241 Å². The van der Waals surface area contributed by atoms with E-state index < -0.39 is 117 Å². The average Bonchev–Trinajstić information content (AvgIpc) is 3.46. The minimum absolute atomic E-state index is 0.0390. The number of hydrogen-bond acceptors (Lipinski definition) is 14. The van der Waals surface area contributed by atoms with Crippen molar-refractivity contribution in [2.24, 2.45) is 35.3 Å². The maximum Gasteiger partial charge on any atom is 0.312 e. The van der Waals surface area contributed by atoms with Gasteiger partial charge >= 0.3 is 11.8 Å². The van der Waals surface area contributed by atoms with Gasteiger partial charge in [-0.3, -0.25) is 28.8 Å². The second-order valence-corrected chi connectivity index (χ2v) is 16.2. The number of esters is 1. The number of ketones is 3. The number of piperidine rings is 1. The highest BCUT2D eigenvalue weighted by atomic mass is 16.7. The molecule has 2 amide bonds. The molecule has 1 aromatic rings. The fourth-order valence-corrected chi connectivity index (χ4v) is 8.39. The van der Waals surface area contributed by atoms with Gasteiger partial charge in [0.15, 0.2) is 0 Å². The number of aliphatic hydroxyl groups excluding tert-OH is 2. The molecule has 1 saturated heterocycles. The quantitative estimate of drug-likeness (QED) is 0.274. The molecule has 0 unspecified atom stereocenters. The molecule has 1 aliphatic carbocycles. The molecule has 0 radical (unpaired) electrons. The van der Waals surface area contributed by atoms with Crippen LogP contribution in [0.2, 0.25) is 0 Å². The highest BCUT2D eigenvalue weighted by molar-refractivity contribution is 6.32. The summed E-state index contributed by atoms with van der Waals surface area (Å²) in [7, 11) is 1.41. The van der Waals surface area contributed by atoms with Crippen molar-refractivity contribution in [1.82, 2.24) is 10.2 Å². The number of phenols is 1. The lowest BCUT2D eigenvalue weighted by atomic mass is 9.78. The van der Waals surface area contributed by atoms with Gasteiger partial charge in [0.1, 0.15) is 29.0 Å². The molecular weight excluding hydrogens is 766 g/mol. The molecule has 0 saturated carbocycles. The van der Waals surface area contributed by atoms with E-state index in [9.17, 15) is 44.1 Å². The Morgan fingerprint density at radius 3 is 2.27 bits per heavy atom. The Kier molecular flexibility index (Phi) is 13.3. The number of primary amides is 1. The van der Waals surface area contributed by atoms with Gasteiger partial charge in [-0.15, -0.1) is 0 Å². The first-order valence-electron chi connectivity index (χ1n) is 19.7. The van der Waals surface area contributed by atoms with E-state index in [1.54, 1.807) is 33.8 Å². The van der Waals surface area contributed by atoms with Crippen molar-refractivity contribution in [3.63, 3.8) is 0 Å². The summed E-state index contributed by atoms with van der Waals surface area (Å²) in [6.45, 7) is 12.4. The van der Waals surface area contributed by atoms with Crippen LogP contribution in [0.5, 0.6) is 11.5 Å². The van der Waals surface area contributed by atoms with Crippen LogP contribution < -0.4 is 15.8 Å². The zero-order chi connectivity index (χ0) is 43.8. The molecule has 5 bridgehead atoms. The first kappa shape index (κ1) is 44.8. The van der Waals surface area contributed by atoms with Crippen molar-refractivity contribution in [3.05, 3.63) is 69.8 Å². The number of phenolic OH excluding ortho intramolecular Hbond substituents is 1. The third-order valence-corrected chi connectivity index (χ3v) is 12.1. The molecule has 10 atom stereocenters. The molecule has 6 rings (SSSR count). The first-order chi connectivity index (χ1) is 27.7. The van der Waals surface area contributed by atoms with Gasteiger partial charge < -0.3 is 50.2 Å². The van der Waals surface area contributed by atoms with Gasteiger partial charge in [0.05, 0.1) is 47.2 Å². The summed E-state index contributed by atoms with van der Waals surface area (Å²) < 4.78 is 23.5. The molecule has 1 aromatic carbocycles. The van der Waals surface area contributed by atoms with Crippen LogP contribution in [0.15, 0.2) is 47.5 Å². The van der Waals surface area contributed by atoms with Crippen molar-refractivity contribution < 1.29 is 63.0 Å². The molecule has 1 fully saturated rings. The number of ether oxygens (including phenoxy) is 4. The number of amides is 2. The van der Waals surface area contributed by atoms with E-state index >= 15 is 0 Å². The Balaban J connectivity index is 1.69. The zero-order valence-corrected chi connectivity index (χ0v) is 34.9. The van der Waals surface area contributed by atoms with Gasteiger partial charge in [-0.2, -0.15) is 0 Å². The van der Waals surface area contributed by atoms with Crippen LogP contribution in [-0.4, -0.2) is 106 Å². The van der Waals surface area contributed by atoms with Crippen LogP contribution in [-0.2, 0) is 28.6 Å². The van der Waals surface area contributed by atoms with Crippen LogP contribution in [0.4, 0.5) is 0 Å². The van der Waals surface area contributed by atoms with E-state index in [0.29, 0.717) is 12.8 Å². The van der Waals surface area contributed by atoms with E-state index in [1.807, 2.05) is 0 Å². The molecule has 16 heteroatoms. The van der Waals surface area contributed by atoms with Crippen molar-refractivity contribution in [2.45, 2.75) is 98.4 Å². The number of Topliss-reactive ketones (excluding diaryl/α,β-unsaturated/α-hetero) is 3. The minimum Gasteiger partial charge on any atom is -0.507 e. The van der Waals surface area contributed by atoms with Crippen LogP contribution in [0.1, 0.15) is 97.9 Å². The number of nitrogens with one attached hydrogen (secondary N) is 1. The predicted molar refractivity (Wildman–Crippen MR) is 212 cm³/mol. The maximum absolute atomic E-state index is 14.8. The van der Waals surface area contributed by atoms with E-state index in [2.05, 4.69) is 5.32 Å². The fourth-order valence-electron chi connectivity index (χ4n) is 8.39. The molecule has 6 N–H and O–H groups in total. The number of carbonyl (C=O) groups excluding carboxylic acids is 6. The lowest BCUT2D eigenvalue weighted by Gasteiger charge is -2.38. The Labute approximate surface area is 343 Å². The predicted octanol–water partition coefficient (Wildman–Crippen LogP) is 3.16. The third kappa shape index (κ3) is 8.43. The smallest absolute Gasteiger partial charge is 0.312 e. The van der Waals surface area contributed by atoms with Crippen molar-refractivity contribution in [1.29, 1.82) is 0 Å². The number of methoxy groups -OCH3 is 1. The minimum atomic E-state index is -2.12. The van der Waals surface area contributed by atoms with Gasteiger partial charge in [-0.05, 0) is 32.8 Å². The Morgan fingerprint density at radius 1 is 0.966 bits per heavy atom. The highest BCUT2D eigenvalue weighted by Crippen LogP contribution is 2.49. The lowest BCUT2D eigenvalue weighted by molar-refractivity contribution is -0.160. The van der Waals surface area contributed by atoms with Gasteiger partial charge in [0, 0.05) is 68.9 Å². The van der Waals surface area contributed by atoms with E-state index in [4.69, 9.17) is 24.7 Å². The molecule has 59 heavy (non-hydrogen) atoms.